The van der Waals surface area contributed by atoms with Crippen molar-refractivity contribution in [3.8, 4) is 11.5 Å². The molecule has 1 aromatic carbocycles. The van der Waals surface area contributed by atoms with Gasteiger partial charge in [0.05, 0.1) is 24.2 Å². The van der Waals surface area contributed by atoms with E-state index < -0.39 is 0 Å². The number of aryl methyl sites for hydroxylation is 1. The fraction of sp³-hybridized carbons (Fsp3) is 0.250. The van der Waals surface area contributed by atoms with E-state index >= 15 is 0 Å². The number of carbonyl (C=O) groups is 1. The zero-order valence-electron chi connectivity index (χ0n) is 15.0. The molecule has 27 heavy (non-hydrogen) atoms. The van der Waals surface area contributed by atoms with Crippen LogP contribution in [0.1, 0.15) is 10.5 Å². The van der Waals surface area contributed by atoms with Gasteiger partial charge in [0.2, 0.25) is 0 Å². The average Bonchev–Trinajstić information content (AvgIpc) is 3.26. The Labute approximate surface area is 155 Å². The number of benzene rings is 1. The molecule has 0 bridgehead atoms. The molecule has 0 unspecified atom stereocenters. The molecule has 4 aromatic rings. The smallest absolute Gasteiger partial charge is 0.275 e. The molecular formula is C20H19N5O2. The van der Waals surface area contributed by atoms with Crippen molar-refractivity contribution in [2.75, 3.05) is 26.3 Å². The highest BCUT2D eigenvalue weighted by atomic mass is 16.5. The second kappa shape index (κ2) is 6.21. The number of hydrogen-bond donors (Lipinski definition) is 0. The molecular weight excluding hydrogens is 342 g/mol. The van der Waals surface area contributed by atoms with Gasteiger partial charge in [-0.3, -0.25) is 9.20 Å². The Morgan fingerprint density at radius 2 is 1.81 bits per heavy atom. The van der Waals surface area contributed by atoms with Crippen molar-refractivity contribution in [2.45, 2.75) is 0 Å². The number of amides is 1. The number of rotatable bonds is 2. The van der Waals surface area contributed by atoms with E-state index in [4.69, 9.17) is 9.72 Å². The summed E-state index contributed by atoms with van der Waals surface area (Å²) < 4.78 is 9.34. The largest absolute Gasteiger partial charge is 0.378 e. The number of carbonyl (C=O) groups excluding carboxylic acids is 1. The minimum absolute atomic E-state index is 0.0796. The lowest BCUT2D eigenvalue weighted by Gasteiger charge is -2.26. The predicted molar refractivity (Wildman–Crippen MR) is 102 cm³/mol. The molecule has 0 radical (unpaired) electrons. The summed E-state index contributed by atoms with van der Waals surface area (Å²) in [5.41, 5.74) is 3.80. The molecule has 5 rings (SSSR count). The van der Waals surface area contributed by atoms with Crippen molar-refractivity contribution in [3.63, 3.8) is 0 Å². The second-order valence-corrected chi connectivity index (χ2v) is 6.63. The van der Waals surface area contributed by atoms with Crippen molar-refractivity contribution >= 4 is 22.6 Å². The summed E-state index contributed by atoms with van der Waals surface area (Å²) in [7, 11) is 1.97. The van der Waals surface area contributed by atoms with Gasteiger partial charge in [-0.05, 0) is 24.3 Å². The third kappa shape index (κ3) is 2.50. The van der Waals surface area contributed by atoms with Crippen molar-refractivity contribution in [1.82, 2.24) is 23.8 Å². The van der Waals surface area contributed by atoms with E-state index in [9.17, 15) is 4.79 Å². The molecule has 1 aliphatic heterocycles. The fourth-order valence-electron chi connectivity index (χ4n) is 3.63. The summed E-state index contributed by atoms with van der Waals surface area (Å²) in [6.45, 7) is 2.27. The van der Waals surface area contributed by atoms with Crippen LogP contribution < -0.4 is 0 Å². The van der Waals surface area contributed by atoms with Crippen molar-refractivity contribution in [2.24, 2.45) is 7.05 Å². The molecule has 1 fully saturated rings. The van der Waals surface area contributed by atoms with Gasteiger partial charge in [0, 0.05) is 26.3 Å². The van der Waals surface area contributed by atoms with Crippen LogP contribution >= 0.6 is 0 Å². The van der Waals surface area contributed by atoms with Gasteiger partial charge >= 0.3 is 0 Å². The third-order valence-corrected chi connectivity index (χ3v) is 5.03. The first-order valence-electron chi connectivity index (χ1n) is 9.00. The Bertz CT molecular complexity index is 1150. The third-order valence-electron chi connectivity index (χ3n) is 5.03. The molecule has 7 nitrogen and oxygen atoms in total. The van der Waals surface area contributed by atoms with E-state index in [1.807, 2.05) is 64.7 Å². The minimum Gasteiger partial charge on any atom is -0.378 e. The maximum Gasteiger partial charge on any atom is 0.275 e. The van der Waals surface area contributed by atoms with Crippen LogP contribution in [-0.2, 0) is 11.8 Å². The van der Waals surface area contributed by atoms with E-state index in [1.54, 1.807) is 4.90 Å². The lowest BCUT2D eigenvalue weighted by molar-refractivity contribution is 0.0300. The first-order valence-corrected chi connectivity index (χ1v) is 9.00. The van der Waals surface area contributed by atoms with Gasteiger partial charge in [-0.25, -0.2) is 9.97 Å². The highest BCUT2D eigenvalue weighted by Gasteiger charge is 2.28. The molecule has 0 saturated carbocycles. The van der Waals surface area contributed by atoms with Crippen LogP contribution in [0.4, 0.5) is 0 Å². The molecule has 1 amide bonds. The first kappa shape index (κ1) is 16.0. The Morgan fingerprint density at radius 1 is 1.04 bits per heavy atom. The number of aromatic nitrogens is 4. The van der Waals surface area contributed by atoms with E-state index in [-0.39, 0.29) is 5.91 Å². The van der Waals surface area contributed by atoms with Gasteiger partial charge in [0.25, 0.3) is 5.91 Å². The monoisotopic (exact) mass is 361 g/mol. The van der Waals surface area contributed by atoms with Crippen molar-refractivity contribution < 1.29 is 9.53 Å². The molecule has 1 saturated heterocycles. The van der Waals surface area contributed by atoms with Gasteiger partial charge in [-0.2, -0.15) is 0 Å². The lowest BCUT2D eigenvalue weighted by Crippen LogP contribution is -2.41. The number of pyridine rings is 1. The van der Waals surface area contributed by atoms with E-state index in [1.165, 1.54) is 0 Å². The average molecular weight is 361 g/mol. The number of morpholine rings is 1. The molecule has 0 aliphatic carbocycles. The second-order valence-electron chi connectivity index (χ2n) is 6.63. The van der Waals surface area contributed by atoms with E-state index in [0.29, 0.717) is 32.0 Å². The Hall–Kier alpha value is -3.19. The topological polar surface area (TPSA) is 64.7 Å². The Morgan fingerprint density at radius 3 is 2.63 bits per heavy atom. The highest BCUT2D eigenvalue weighted by Crippen LogP contribution is 2.28. The van der Waals surface area contributed by atoms with Gasteiger partial charge in [-0.15, -0.1) is 0 Å². The van der Waals surface area contributed by atoms with Gasteiger partial charge in [-0.1, -0.05) is 18.2 Å². The van der Waals surface area contributed by atoms with Crippen LogP contribution in [0.15, 0.2) is 48.7 Å². The normalized spacial score (nSPS) is 14.9. The van der Waals surface area contributed by atoms with Gasteiger partial charge < -0.3 is 14.2 Å². The van der Waals surface area contributed by atoms with Crippen molar-refractivity contribution in [1.29, 1.82) is 0 Å². The maximum absolute atomic E-state index is 13.2. The predicted octanol–water partition coefficient (Wildman–Crippen LogP) is 2.36. The fourth-order valence-corrected chi connectivity index (χ4v) is 3.63. The van der Waals surface area contributed by atoms with Crippen LogP contribution in [0.5, 0.6) is 0 Å². The molecule has 0 atom stereocenters. The first-order chi connectivity index (χ1) is 13.2. The lowest BCUT2D eigenvalue weighted by atomic mass is 10.2. The summed E-state index contributed by atoms with van der Waals surface area (Å²) in [6.07, 6.45) is 1.92. The summed E-state index contributed by atoms with van der Waals surface area (Å²) in [5, 5.41) is 0. The Kier molecular flexibility index (Phi) is 3.68. The highest BCUT2D eigenvalue weighted by molar-refractivity contribution is 5.99. The summed E-state index contributed by atoms with van der Waals surface area (Å²) in [4.78, 5) is 24.5. The van der Waals surface area contributed by atoms with Crippen molar-refractivity contribution in [3.05, 3.63) is 54.4 Å². The van der Waals surface area contributed by atoms with E-state index in [2.05, 4.69) is 4.98 Å². The molecule has 4 heterocycles. The zero-order chi connectivity index (χ0) is 18.4. The number of hydrogen-bond acceptors (Lipinski definition) is 4. The molecule has 136 valence electrons. The van der Waals surface area contributed by atoms with Crippen LogP contribution in [0.25, 0.3) is 28.2 Å². The standard InChI is InChI=1S/C20H19N5O2/c1-23-15-7-3-2-6-14(15)21-19(23)18-17(20(26)24-10-12-27-13-11-24)22-16-8-4-5-9-25(16)18/h2-9H,10-13H2,1H3. The minimum atomic E-state index is -0.0796. The zero-order valence-corrected chi connectivity index (χ0v) is 15.0. The molecule has 3 aromatic heterocycles. The van der Waals surface area contributed by atoms with E-state index in [0.717, 1.165) is 28.2 Å². The quantitative estimate of drug-likeness (QED) is 0.550. The van der Waals surface area contributed by atoms with Gasteiger partial charge in [0.1, 0.15) is 11.3 Å². The van der Waals surface area contributed by atoms with Crippen LogP contribution in [-0.4, -0.2) is 56.0 Å². The number of ether oxygens (including phenoxy) is 1. The number of para-hydroxylation sites is 2. The molecule has 7 heteroatoms. The van der Waals surface area contributed by atoms with Gasteiger partial charge in [0.15, 0.2) is 11.5 Å². The summed E-state index contributed by atoms with van der Waals surface area (Å²) >= 11 is 0. The SMILES string of the molecule is Cn1c(-c2c(C(=O)N3CCOCC3)nc3ccccn23)nc2ccccc21. The number of imidazole rings is 2. The van der Waals surface area contributed by atoms with Crippen LogP contribution in [0, 0.1) is 0 Å². The molecule has 0 spiro atoms. The van der Waals surface area contributed by atoms with Crippen LogP contribution in [0.2, 0.25) is 0 Å². The maximum atomic E-state index is 13.2. The molecule has 1 aliphatic rings. The summed E-state index contributed by atoms with van der Waals surface area (Å²) in [6, 6.07) is 13.7. The number of fused-ring (bicyclic) bond motifs is 2. The summed E-state index contributed by atoms with van der Waals surface area (Å²) in [5.74, 6) is 0.649. The Balaban J connectivity index is 1.74. The van der Waals surface area contributed by atoms with Crippen LogP contribution in [0.3, 0.4) is 0 Å². The molecule has 0 N–H and O–H groups in total. The number of nitrogens with zero attached hydrogens (tertiary/aromatic N) is 5.